The van der Waals surface area contributed by atoms with E-state index in [0.717, 1.165) is 23.6 Å². The van der Waals surface area contributed by atoms with Gasteiger partial charge in [-0.1, -0.05) is 36.4 Å². The molecule has 11 heteroatoms. The number of nitrogens with zero attached hydrogens (tertiary/aromatic N) is 4. The van der Waals surface area contributed by atoms with Gasteiger partial charge in [0.1, 0.15) is 22.3 Å². The van der Waals surface area contributed by atoms with Gasteiger partial charge in [0.15, 0.2) is 0 Å². The quantitative estimate of drug-likeness (QED) is 0.207. The molecule has 4 aromatic rings. The Bertz CT molecular complexity index is 1500. The molecule has 0 saturated carbocycles. The van der Waals surface area contributed by atoms with Crippen LogP contribution in [-0.4, -0.2) is 54.0 Å². The van der Waals surface area contributed by atoms with Crippen LogP contribution in [0.2, 0.25) is 0 Å². The van der Waals surface area contributed by atoms with Gasteiger partial charge in [-0.3, -0.25) is 9.69 Å². The van der Waals surface area contributed by atoms with Crippen LogP contribution in [0.25, 0.3) is 0 Å². The number of piperazine rings is 1. The Labute approximate surface area is 245 Å². The third kappa shape index (κ3) is 7.27. The van der Waals surface area contributed by atoms with Crippen molar-refractivity contribution in [2.75, 3.05) is 38.2 Å². The van der Waals surface area contributed by atoms with Crippen LogP contribution in [0.5, 0.6) is 5.75 Å². The van der Waals surface area contributed by atoms with Crippen molar-refractivity contribution in [1.29, 1.82) is 0 Å². The highest BCUT2D eigenvalue weighted by Crippen LogP contribution is 2.30. The largest absolute Gasteiger partial charge is 0.497 e. The molecule has 6 nitrogen and oxygen atoms in total. The van der Waals surface area contributed by atoms with Crippen LogP contribution < -0.4 is 9.64 Å². The lowest BCUT2D eigenvalue weighted by molar-refractivity contribution is -0.137. The zero-order valence-corrected chi connectivity index (χ0v) is 23.8. The molecule has 42 heavy (non-hydrogen) atoms. The summed E-state index contributed by atoms with van der Waals surface area (Å²) in [5.41, 5.74) is 1.53. The monoisotopic (exact) mass is 598 g/mol. The summed E-state index contributed by atoms with van der Waals surface area (Å²) < 4.78 is 59.6. The molecule has 0 unspecified atom stereocenters. The zero-order chi connectivity index (χ0) is 29.7. The predicted octanol–water partition coefficient (Wildman–Crippen LogP) is 6.47. The minimum absolute atomic E-state index is 0.147. The Kier molecular flexibility index (Phi) is 9.08. The molecular weight excluding hydrogens is 568 g/mol. The van der Waals surface area contributed by atoms with Crippen LogP contribution in [0.3, 0.4) is 0 Å². The van der Waals surface area contributed by atoms with Gasteiger partial charge >= 0.3 is 6.18 Å². The average molecular weight is 599 g/mol. The van der Waals surface area contributed by atoms with E-state index in [1.165, 1.54) is 23.5 Å². The summed E-state index contributed by atoms with van der Waals surface area (Å²) in [6.07, 6.45) is -4.46. The maximum absolute atomic E-state index is 14.5. The van der Waals surface area contributed by atoms with E-state index in [9.17, 15) is 22.4 Å². The van der Waals surface area contributed by atoms with E-state index in [-0.39, 0.29) is 25.5 Å². The molecule has 1 aliphatic rings. The number of hydrogen-bond donors (Lipinski definition) is 0. The molecule has 0 aliphatic carbocycles. The number of aromatic nitrogens is 1. The van der Waals surface area contributed by atoms with Crippen molar-refractivity contribution in [3.05, 3.63) is 111 Å². The summed E-state index contributed by atoms with van der Waals surface area (Å²) in [5, 5.41) is 2.33. The number of carbonyl (C=O) groups is 1. The number of anilines is 1. The molecule has 1 fully saturated rings. The summed E-state index contributed by atoms with van der Waals surface area (Å²) in [7, 11) is 1.63. The summed E-state index contributed by atoms with van der Waals surface area (Å²) in [4.78, 5) is 23.6. The topological polar surface area (TPSA) is 48.9 Å². The van der Waals surface area contributed by atoms with Gasteiger partial charge in [0.25, 0.3) is 5.91 Å². The lowest BCUT2D eigenvalue weighted by Crippen LogP contribution is -2.48. The third-order valence-corrected chi connectivity index (χ3v) is 7.98. The lowest BCUT2D eigenvalue weighted by atomic mass is 10.1. The molecule has 0 atom stereocenters. The highest BCUT2D eigenvalue weighted by Gasteiger charge is 2.30. The highest BCUT2D eigenvalue weighted by atomic mass is 32.1. The highest BCUT2D eigenvalue weighted by molar-refractivity contribution is 7.09. The average Bonchev–Trinajstić information content (AvgIpc) is 3.46. The second-order valence-electron chi connectivity index (χ2n) is 10.0. The van der Waals surface area contributed by atoms with Crippen molar-refractivity contribution in [1.82, 2.24) is 14.8 Å². The SMILES string of the molecule is COc1ccc(N2CCN(C(=O)c3csc(CN(Cc4cccc(C(F)(F)F)c4)Cc4ccccc4F)n3)CC2)cc1. The van der Waals surface area contributed by atoms with Crippen LogP contribution in [0.15, 0.2) is 78.2 Å². The molecule has 0 radical (unpaired) electrons. The van der Waals surface area contributed by atoms with Crippen molar-refractivity contribution >= 4 is 22.9 Å². The van der Waals surface area contributed by atoms with Gasteiger partial charge in [-0.2, -0.15) is 13.2 Å². The first-order valence-electron chi connectivity index (χ1n) is 13.4. The van der Waals surface area contributed by atoms with Gasteiger partial charge in [-0.25, -0.2) is 9.37 Å². The first-order valence-corrected chi connectivity index (χ1v) is 14.3. The first kappa shape index (κ1) is 29.5. The predicted molar refractivity (Wildman–Crippen MR) is 154 cm³/mol. The summed E-state index contributed by atoms with van der Waals surface area (Å²) in [5.74, 6) is 0.231. The molecule has 0 N–H and O–H groups in total. The van der Waals surface area contributed by atoms with E-state index in [4.69, 9.17) is 4.74 Å². The van der Waals surface area contributed by atoms with Crippen LogP contribution >= 0.6 is 11.3 Å². The number of hydrogen-bond acceptors (Lipinski definition) is 6. The molecule has 5 rings (SSSR count). The van der Waals surface area contributed by atoms with Crippen molar-refractivity contribution in [3.8, 4) is 5.75 Å². The van der Waals surface area contributed by atoms with Gasteiger partial charge in [0, 0.05) is 55.9 Å². The van der Waals surface area contributed by atoms with Gasteiger partial charge < -0.3 is 14.5 Å². The van der Waals surface area contributed by atoms with Gasteiger partial charge in [-0.05, 0) is 42.0 Å². The molecule has 1 aliphatic heterocycles. The van der Waals surface area contributed by atoms with Crippen molar-refractivity contribution in [2.24, 2.45) is 0 Å². The van der Waals surface area contributed by atoms with Crippen LogP contribution in [-0.2, 0) is 25.8 Å². The Hall–Kier alpha value is -3.96. The molecule has 3 aromatic carbocycles. The van der Waals surface area contributed by atoms with Gasteiger partial charge in [0.2, 0.25) is 0 Å². The smallest absolute Gasteiger partial charge is 0.416 e. The van der Waals surface area contributed by atoms with Crippen molar-refractivity contribution in [2.45, 2.75) is 25.8 Å². The number of alkyl halides is 3. The Balaban J connectivity index is 1.26. The number of carbonyl (C=O) groups excluding carboxylic acids is 1. The fraction of sp³-hybridized carbons (Fsp3) is 0.290. The number of methoxy groups -OCH3 is 1. The number of halogens is 4. The normalized spacial score (nSPS) is 14.0. The van der Waals surface area contributed by atoms with Crippen molar-refractivity contribution in [3.63, 3.8) is 0 Å². The fourth-order valence-electron chi connectivity index (χ4n) is 4.94. The number of benzene rings is 3. The molecule has 220 valence electrons. The van der Waals surface area contributed by atoms with Crippen LogP contribution in [0.4, 0.5) is 23.2 Å². The second kappa shape index (κ2) is 12.9. The molecule has 1 aromatic heterocycles. The summed E-state index contributed by atoms with van der Waals surface area (Å²) >= 11 is 1.31. The summed E-state index contributed by atoms with van der Waals surface area (Å²) in [6, 6.07) is 19.2. The second-order valence-corrected chi connectivity index (χ2v) is 11.0. The van der Waals surface area contributed by atoms with Gasteiger partial charge in [0.05, 0.1) is 19.2 Å². The van der Waals surface area contributed by atoms with Crippen LogP contribution in [0.1, 0.15) is 32.2 Å². The van der Waals surface area contributed by atoms with E-state index >= 15 is 0 Å². The number of thiazole rings is 1. The van der Waals surface area contributed by atoms with E-state index in [1.807, 2.05) is 29.2 Å². The molecular formula is C31H30F4N4O2S. The molecule has 1 saturated heterocycles. The maximum atomic E-state index is 14.5. The zero-order valence-electron chi connectivity index (χ0n) is 23.0. The van der Waals surface area contributed by atoms with Gasteiger partial charge in [-0.15, -0.1) is 11.3 Å². The van der Waals surface area contributed by atoms with Crippen LogP contribution in [0, 0.1) is 5.82 Å². The van der Waals surface area contributed by atoms with Crippen molar-refractivity contribution < 1.29 is 27.1 Å². The van der Waals surface area contributed by atoms with E-state index < -0.39 is 17.6 Å². The molecule has 0 bridgehead atoms. The van der Waals surface area contributed by atoms with E-state index in [0.29, 0.717) is 48.0 Å². The minimum atomic E-state index is -4.46. The Morgan fingerprint density at radius 2 is 1.69 bits per heavy atom. The minimum Gasteiger partial charge on any atom is -0.497 e. The Morgan fingerprint density at radius 3 is 2.38 bits per heavy atom. The molecule has 1 amide bonds. The number of ether oxygens (including phenoxy) is 1. The number of amides is 1. The van der Waals surface area contributed by atoms with E-state index in [2.05, 4.69) is 9.88 Å². The fourth-order valence-corrected chi connectivity index (χ4v) is 5.74. The molecule has 0 spiro atoms. The molecule has 2 heterocycles. The summed E-state index contributed by atoms with van der Waals surface area (Å²) in [6.45, 7) is 3.02. The standard InChI is InChI=1S/C31H30F4N4O2S/c1-41-26-11-9-25(10-12-26)38-13-15-39(16-14-38)30(40)28-21-42-29(36-28)20-37(19-23-6-2-3-8-27(23)32)18-22-5-4-7-24(17-22)31(33,34)35/h2-12,17,21H,13-16,18-20H2,1H3. The lowest BCUT2D eigenvalue weighted by Gasteiger charge is -2.35. The number of rotatable bonds is 9. The first-order chi connectivity index (χ1) is 20.2. The van der Waals surface area contributed by atoms with E-state index in [1.54, 1.807) is 41.7 Å². The maximum Gasteiger partial charge on any atom is 0.416 e. The third-order valence-electron chi connectivity index (χ3n) is 7.15. The Morgan fingerprint density at radius 1 is 0.952 bits per heavy atom.